The summed E-state index contributed by atoms with van der Waals surface area (Å²) in [6.07, 6.45) is 1.95. The van der Waals surface area contributed by atoms with Crippen LogP contribution in [0.15, 0.2) is 59.7 Å². The Morgan fingerprint density at radius 2 is 1.88 bits per heavy atom. The molecular weight excluding hydrogens is 443 g/mol. The monoisotopic (exact) mass is 466 g/mol. The van der Waals surface area contributed by atoms with Gasteiger partial charge in [-0.2, -0.15) is 0 Å². The fourth-order valence-corrected chi connectivity index (χ4v) is 2.41. The summed E-state index contributed by atoms with van der Waals surface area (Å²) in [5, 5.41) is 14.8. The normalized spacial score (nSPS) is 12.3. The number of pyridine rings is 1. The Morgan fingerprint density at radius 3 is 2.65 bits per heavy atom. The Bertz CT molecular complexity index is 836. The van der Waals surface area contributed by atoms with Gasteiger partial charge in [-0.25, -0.2) is 0 Å². The zero-order valence-electron chi connectivity index (χ0n) is 14.8. The third kappa shape index (κ3) is 5.32. The first-order valence-corrected chi connectivity index (χ1v) is 8.21. The van der Waals surface area contributed by atoms with Gasteiger partial charge in [0.1, 0.15) is 11.9 Å². The molecule has 0 aliphatic heterocycles. The number of halogens is 1. The van der Waals surface area contributed by atoms with Crippen molar-refractivity contribution in [2.45, 2.75) is 19.6 Å². The van der Waals surface area contributed by atoms with E-state index in [-0.39, 0.29) is 30.1 Å². The van der Waals surface area contributed by atoms with E-state index < -0.39 is 0 Å². The maximum Gasteiger partial charge on any atom is 0.191 e. The van der Waals surface area contributed by atoms with Crippen molar-refractivity contribution in [2.24, 2.45) is 4.99 Å². The van der Waals surface area contributed by atoms with Crippen LogP contribution in [0.4, 0.5) is 0 Å². The van der Waals surface area contributed by atoms with Gasteiger partial charge in [-0.15, -0.1) is 34.2 Å². The van der Waals surface area contributed by atoms with Gasteiger partial charge in [-0.05, 0) is 31.2 Å². The second kappa shape index (κ2) is 9.95. The molecule has 138 valence electrons. The lowest BCUT2D eigenvalue weighted by Gasteiger charge is -2.17. The summed E-state index contributed by atoms with van der Waals surface area (Å²) in [6, 6.07) is 15.6. The molecule has 0 amide bonds. The van der Waals surface area contributed by atoms with Crippen molar-refractivity contribution < 1.29 is 4.74 Å². The molecule has 26 heavy (non-hydrogen) atoms. The Balaban J connectivity index is 0.00000243. The zero-order chi connectivity index (χ0) is 17.5. The van der Waals surface area contributed by atoms with E-state index in [1.54, 1.807) is 7.05 Å². The lowest BCUT2D eigenvalue weighted by molar-refractivity contribution is 0.224. The molecule has 1 atom stereocenters. The van der Waals surface area contributed by atoms with Gasteiger partial charge in [0.25, 0.3) is 0 Å². The first-order chi connectivity index (χ1) is 12.3. The van der Waals surface area contributed by atoms with Crippen molar-refractivity contribution in [3.63, 3.8) is 0 Å². The Hall–Kier alpha value is -2.36. The standard InChI is InChI=1S/C18H22N6O.HI/c1-14(25-15-8-4-3-5-9-15)12-20-18(19-2)21-13-17-23-22-16-10-6-7-11-24(16)17;/h3-11,14H,12-13H2,1-2H3,(H2,19,20,21);1H. The molecule has 0 spiro atoms. The van der Waals surface area contributed by atoms with Crippen LogP contribution in [0, 0.1) is 0 Å². The van der Waals surface area contributed by atoms with Crippen LogP contribution in [0.3, 0.4) is 0 Å². The number of hydrogen-bond donors (Lipinski definition) is 2. The van der Waals surface area contributed by atoms with E-state index in [1.807, 2.05) is 66.1 Å². The Kier molecular flexibility index (Phi) is 7.64. The lowest BCUT2D eigenvalue weighted by atomic mass is 10.3. The van der Waals surface area contributed by atoms with Crippen LogP contribution in [0.25, 0.3) is 5.65 Å². The number of fused-ring (bicyclic) bond motifs is 1. The molecule has 0 aliphatic rings. The average molecular weight is 466 g/mol. The molecule has 3 rings (SSSR count). The maximum atomic E-state index is 5.85. The van der Waals surface area contributed by atoms with E-state index in [0.29, 0.717) is 19.0 Å². The molecule has 7 nitrogen and oxygen atoms in total. The van der Waals surface area contributed by atoms with Crippen molar-refractivity contribution in [3.8, 4) is 5.75 Å². The minimum atomic E-state index is 0. The highest BCUT2D eigenvalue weighted by molar-refractivity contribution is 14.0. The van der Waals surface area contributed by atoms with Crippen LogP contribution >= 0.6 is 24.0 Å². The number of benzene rings is 1. The van der Waals surface area contributed by atoms with Crippen LogP contribution in [0.1, 0.15) is 12.7 Å². The third-order valence-corrected chi connectivity index (χ3v) is 3.66. The summed E-state index contributed by atoms with van der Waals surface area (Å²) in [5.74, 6) is 2.37. The van der Waals surface area contributed by atoms with E-state index in [1.165, 1.54) is 0 Å². The van der Waals surface area contributed by atoms with E-state index in [0.717, 1.165) is 17.2 Å². The molecule has 0 saturated carbocycles. The molecule has 0 aliphatic carbocycles. The summed E-state index contributed by atoms with van der Waals surface area (Å²) in [7, 11) is 1.74. The van der Waals surface area contributed by atoms with Crippen LogP contribution in [0.2, 0.25) is 0 Å². The Morgan fingerprint density at radius 1 is 1.12 bits per heavy atom. The van der Waals surface area contributed by atoms with Gasteiger partial charge in [0.05, 0.1) is 13.1 Å². The van der Waals surface area contributed by atoms with Crippen LogP contribution < -0.4 is 15.4 Å². The van der Waals surface area contributed by atoms with Crippen LogP contribution in [-0.2, 0) is 6.54 Å². The van der Waals surface area contributed by atoms with Crippen molar-refractivity contribution in [3.05, 3.63) is 60.6 Å². The molecule has 8 heteroatoms. The second-order valence-electron chi connectivity index (χ2n) is 5.59. The zero-order valence-corrected chi connectivity index (χ0v) is 17.1. The molecule has 2 heterocycles. The quantitative estimate of drug-likeness (QED) is 0.332. The van der Waals surface area contributed by atoms with Crippen molar-refractivity contribution in [2.75, 3.05) is 13.6 Å². The number of nitrogens with one attached hydrogen (secondary N) is 2. The molecule has 0 bridgehead atoms. The van der Waals surface area contributed by atoms with E-state index >= 15 is 0 Å². The average Bonchev–Trinajstić information content (AvgIpc) is 3.06. The molecular formula is C18H23IN6O. The number of hydrogen-bond acceptors (Lipinski definition) is 4. The molecule has 1 unspecified atom stereocenters. The fraction of sp³-hybridized carbons (Fsp3) is 0.278. The van der Waals surface area contributed by atoms with Gasteiger partial charge in [0.15, 0.2) is 17.4 Å². The summed E-state index contributed by atoms with van der Waals surface area (Å²) in [4.78, 5) is 4.23. The topological polar surface area (TPSA) is 75.8 Å². The van der Waals surface area contributed by atoms with Gasteiger partial charge in [0, 0.05) is 13.2 Å². The highest BCUT2D eigenvalue weighted by atomic mass is 127. The molecule has 0 radical (unpaired) electrons. The molecule has 3 aromatic rings. The van der Waals surface area contributed by atoms with E-state index in [2.05, 4.69) is 25.8 Å². The Labute approximate surface area is 169 Å². The van der Waals surface area contributed by atoms with Gasteiger partial charge in [-0.3, -0.25) is 9.39 Å². The van der Waals surface area contributed by atoms with E-state index in [9.17, 15) is 0 Å². The van der Waals surface area contributed by atoms with Gasteiger partial charge in [-0.1, -0.05) is 24.3 Å². The predicted molar refractivity (Wildman–Crippen MR) is 113 cm³/mol. The number of nitrogens with zero attached hydrogens (tertiary/aromatic N) is 4. The largest absolute Gasteiger partial charge is 0.489 e. The first-order valence-electron chi connectivity index (χ1n) is 8.21. The molecule has 2 aromatic heterocycles. The smallest absolute Gasteiger partial charge is 0.191 e. The molecule has 0 saturated heterocycles. The fourth-order valence-electron chi connectivity index (χ4n) is 2.41. The maximum absolute atomic E-state index is 5.85. The number of aliphatic imine (C=N–C) groups is 1. The van der Waals surface area contributed by atoms with Crippen molar-refractivity contribution >= 4 is 35.6 Å². The highest BCUT2D eigenvalue weighted by Gasteiger charge is 2.08. The number of aromatic nitrogens is 3. The number of ether oxygens (including phenoxy) is 1. The summed E-state index contributed by atoms with van der Waals surface area (Å²) >= 11 is 0. The van der Waals surface area contributed by atoms with Gasteiger partial charge >= 0.3 is 0 Å². The van der Waals surface area contributed by atoms with Crippen molar-refractivity contribution in [1.29, 1.82) is 0 Å². The highest BCUT2D eigenvalue weighted by Crippen LogP contribution is 2.10. The van der Waals surface area contributed by atoms with Crippen molar-refractivity contribution in [1.82, 2.24) is 25.2 Å². The molecule has 2 N–H and O–H groups in total. The minimum Gasteiger partial charge on any atom is -0.489 e. The van der Waals surface area contributed by atoms with Crippen LogP contribution in [-0.4, -0.2) is 40.3 Å². The predicted octanol–water partition coefficient (Wildman–Crippen LogP) is 2.48. The number of rotatable bonds is 6. The van der Waals surface area contributed by atoms with Crippen LogP contribution in [0.5, 0.6) is 5.75 Å². The lowest BCUT2D eigenvalue weighted by Crippen LogP contribution is -2.41. The third-order valence-electron chi connectivity index (χ3n) is 3.66. The molecule has 0 fully saturated rings. The summed E-state index contributed by atoms with van der Waals surface area (Å²) in [5.41, 5.74) is 0.826. The number of para-hydroxylation sites is 1. The number of guanidine groups is 1. The molecule has 1 aromatic carbocycles. The second-order valence-corrected chi connectivity index (χ2v) is 5.59. The first kappa shape index (κ1) is 20.0. The summed E-state index contributed by atoms with van der Waals surface area (Å²) in [6.45, 7) is 3.17. The minimum absolute atomic E-state index is 0. The SMILES string of the molecule is CN=C(NCc1nnc2ccccn12)NCC(C)Oc1ccccc1.I. The van der Waals surface area contributed by atoms with Gasteiger partial charge < -0.3 is 15.4 Å². The van der Waals surface area contributed by atoms with E-state index in [4.69, 9.17) is 4.74 Å². The summed E-state index contributed by atoms with van der Waals surface area (Å²) < 4.78 is 7.79. The van der Waals surface area contributed by atoms with Gasteiger partial charge in [0.2, 0.25) is 0 Å².